The highest BCUT2D eigenvalue weighted by Crippen LogP contribution is 2.45. The Balaban J connectivity index is 1.74. The topological polar surface area (TPSA) is 26.3 Å². The van der Waals surface area contributed by atoms with Crippen LogP contribution in [0.4, 0.5) is 0 Å². The van der Waals surface area contributed by atoms with E-state index in [1.54, 1.807) is 0 Å². The maximum atomic E-state index is 12.0. The molecule has 0 spiro atoms. The smallest absolute Gasteiger partial charge is 0.309 e. The molecule has 3 aliphatic rings. The van der Waals surface area contributed by atoms with E-state index in [2.05, 4.69) is 0 Å². The van der Waals surface area contributed by atoms with E-state index in [0.717, 1.165) is 6.42 Å². The van der Waals surface area contributed by atoms with Gasteiger partial charge in [0.25, 0.3) is 0 Å². The van der Waals surface area contributed by atoms with Crippen molar-refractivity contribution in [2.24, 2.45) is 17.8 Å². The molecule has 3 fully saturated rings. The second-order valence-corrected chi connectivity index (χ2v) is 5.85. The average molecular weight is 222 g/mol. The van der Waals surface area contributed by atoms with Gasteiger partial charge < -0.3 is 4.74 Å². The fourth-order valence-corrected chi connectivity index (χ4v) is 4.12. The van der Waals surface area contributed by atoms with Crippen molar-refractivity contribution in [1.29, 1.82) is 0 Å². The Kier molecular flexibility index (Phi) is 2.91. The van der Waals surface area contributed by atoms with Crippen LogP contribution in [0.5, 0.6) is 0 Å². The molecule has 2 heteroatoms. The molecule has 1 aliphatic heterocycles. The number of rotatable bonds is 1. The molecule has 90 valence electrons. The molecule has 2 nitrogen and oxygen atoms in total. The van der Waals surface area contributed by atoms with Gasteiger partial charge in [0, 0.05) is 5.92 Å². The Morgan fingerprint density at radius 1 is 0.875 bits per heavy atom. The fourth-order valence-electron chi connectivity index (χ4n) is 4.12. The summed E-state index contributed by atoms with van der Waals surface area (Å²) in [6.07, 6.45) is 11.8. The second kappa shape index (κ2) is 4.38. The largest absolute Gasteiger partial charge is 0.462 e. The van der Waals surface area contributed by atoms with Gasteiger partial charge in [-0.3, -0.25) is 4.79 Å². The number of fused-ring (bicyclic) bond motifs is 1. The molecule has 16 heavy (non-hydrogen) atoms. The summed E-state index contributed by atoms with van der Waals surface area (Å²) in [4.78, 5) is 12.0. The summed E-state index contributed by atoms with van der Waals surface area (Å²) in [5.74, 6) is 1.63. The highest BCUT2D eigenvalue weighted by Gasteiger charge is 2.48. The Hall–Kier alpha value is -0.530. The minimum absolute atomic E-state index is 0.142. The van der Waals surface area contributed by atoms with Gasteiger partial charge in [0.15, 0.2) is 0 Å². The average Bonchev–Trinajstić information content (AvgIpc) is 2.66. The zero-order valence-corrected chi connectivity index (χ0v) is 9.99. The second-order valence-electron chi connectivity index (χ2n) is 5.85. The van der Waals surface area contributed by atoms with Crippen LogP contribution in [0.2, 0.25) is 0 Å². The summed E-state index contributed by atoms with van der Waals surface area (Å²) in [5.41, 5.74) is 0. The Morgan fingerprint density at radius 2 is 1.56 bits per heavy atom. The van der Waals surface area contributed by atoms with E-state index in [0.29, 0.717) is 11.8 Å². The molecule has 2 aliphatic carbocycles. The summed E-state index contributed by atoms with van der Waals surface area (Å²) >= 11 is 0. The highest BCUT2D eigenvalue weighted by atomic mass is 16.6. The van der Waals surface area contributed by atoms with Crippen molar-refractivity contribution in [3.8, 4) is 0 Å². The predicted molar refractivity (Wildman–Crippen MR) is 61.9 cm³/mol. The van der Waals surface area contributed by atoms with E-state index in [1.165, 1.54) is 51.4 Å². The molecule has 3 rings (SSSR count). The van der Waals surface area contributed by atoms with Crippen molar-refractivity contribution in [3.63, 3.8) is 0 Å². The summed E-state index contributed by atoms with van der Waals surface area (Å²) in [6, 6.07) is 0. The van der Waals surface area contributed by atoms with Crippen LogP contribution < -0.4 is 0 Å². The molecular formula is C14H22O2. The van der Waals surface area contributed by atoms with Crippen molar-refractivity contribution in [2.45, 2.75) is 63.9 Å². The summed E-state index contributed by atoms with van der Waals surface area (Å²) in [6.45, 7) is 0. The van der Waals surface area contributed by atoms with Gasteiger partial charge in [-0.25, -0.2) is 0 Å². The number of hydrogen-bond donors (Lipinski definition) is 0. The zero-order valence-electron chi connectivity index (χ0n) is 9.99. The molecule has 0 aromatic rings. The monoisotopic (exact) mass is 222 g/mol. The third-order valence-corrected chi connectivity index (χ3v) is 4.91. The van der Waals surface area contributed by atoms with Gasteiger partial charge in [-0.15, -0.1) is 0 Å². The first-order chi connectivity index (χ1) is 7.86. The van der Waals surface area contributed by atoms with Crippen molar-refractivity contribution in [2.75, 3.05) is 0 Å². The van der Waals surface area contributed by atoms with Crippen LogP contribution in [0.3, 0.4) is 0 Å². The Morgan fingerprint density at radius 3 is 2.38 bits per heavy atom. The first kappa shape index (κ1) is 10.6. The van der Waals surface area contributed by atoms with Gasteiger partial charge in [-0.05, 0) is 38.0 Å². The van der Waals surface area contributed by atoms with Gasteiger partial charge in [0.2, 0.25) is 0 Å². The van der Waals surface area contributed by atoms with Gasteiger partial charge in [-0.2, -0.15) is 0 Å². The first-order valence-corrected chi connectivity index (χ1v) is 7.07. The van der Waals surface area contributed by atoms with Crippen LogP contribution in [-0.2, 0) is 9.53 Å². The van der Waals surface area contributed by atoms with Crippen LogP contribution in [0.25, 0.3) is 0 Å². The molecular weight excluding hydrogens is 200 g/mol. The molecule has 0 radical (unpaired) electrons. The predicted octanol–water partition coefficient (Wildman–Crippen LogP) is 3.30. The van der Waals surface area contributed by atoms with Gasteiger partial charge in [-0.1, -0.05) is 25.7 Å². The minimum atomic E-state index is 0.142. The summed E-state index contributed by atoms with van der Waals surface area (Å²) in [5, 5.41) is 0. The number of carbonyl (C=O) groups is 1. The SMILES string of the molecule is O=C1OC2CCCCC2C1C1CCCCC1. The van der Waals surface area contributed by atoms with Gasteiger partial charge in [0.05, 0.1) is 5.92 Å². The summed E-state index contributed by atoms with van der Waals surface area (Å²) < 4.78 is 5.59. The van der Waals surface area contributed by atoms with E-state index in [9.17, 15) is 4.79 Å². The van der Waals surface area contributed by atoms with Crippen LogP contribution in [0, 0.1) is 17.8 Å². The normalized spacial score (nSPS) is 40.5. The number of carbonyl (C=O) groups excluding carboxylic acids is 1. The molecule has 3 atom stereocenters. The molecule has 3 unspecified atom stereocenters. The maximum absolute atomic E-state index is 12.0. The quantitative estimate of drug-likeness (QED) is 0.636. The van der Waals surface area contributed by atoms with Crippen LogP contribution in [-0.4, -0.2) is 12.1 Å². The first-order valence-electron chi connectivity index (χ1n) is 7.07. The van der Waals surface area contributed by atoms with Crippen molar-refractivity contribution < 1.29 is 9.53 Å². The van der Waals surface area contributed by atoms with Crippen LogP contribution in [0.15, 0.2) is 0 Å². The lowest BCUT2D eigenvalue weighted by Gasteiger charge is -2.31. The zero-order chi connectivity index (χ0) is 11.0. The standard InChI is InChI=1S/C14H22O2/c15-14-13(10-6-2-1-3-7-10)11-8-4-5-9-12(11)16-14/h10-13H,1-9H2. The van der Waals surface area contributed by atoms with Crippen LogP contribution in [0.1, 0.15) is 57.8 Å². The van der Waals surface area contributed by atoms with Gasteiger partial charge in [0.1, 0.15) is 6.10 Å². The van der Waals surface area contributed by atoms with Crippen molar-refractivity contribution in [3.05, 3.63) is 0 Å². The maximum Gasteiger partial charge on any atom is 0.309 e. The number of hydrogen-bond acceptors (Lipinski definition) is 2. The Bertz CT molecular complexity index is 268. The number of esters is 1. The molecule has 1 saturated heterocycles. The summed E-state index contributed by atoms with van der Waals surface area (Å²) in [7, 11) is 0. The molecule has 0 N–H and O–H groups in total. The van der Waals surface area contributed by atoms with E-state index in [4.69, 9.17) is 4.74 Å². The van der Waals surface area contributed by atoms with E-state index in [1.807, 2.05) is 0 Å². The molecule has 2 saturated carbocycles. The highest BCUT2D eigenvalue weighted by molar-refractivity contribution is 5.75. The minimum Gasteiger partial charge on any atom is -0.462 e. The van der Waals surface area contributed by atoms with E-state index >= 15 is 0 Å². The third-order valence-electron chi connectivity index (χ3n) is 4.91. The molecule has 0 aromatic carbocycles. The lowest BCUT2D eigenvalue weighted by atomic mass is 9.70. The molecule has 0 bridgehead atoms. The van der Waals surface area contributed by atoms with E-state index in [-0.39, 0.29) is 18.0 Å². The molecule has 0 aromatic heterocycles. The lowest BCUT2D eigenvalue weighted by Crippen LogP contribution is -2.30. The van der Waals surface area contributed by atoms with Crippen LogP contribution >= 0.6 is 0 Å². The third kappa shape index (κ3) is 1.76. The fraction of sp³-hybridized carbons (Fsp3) is 0.929. The molecule has 1 heterocycles. The van der Waals surface area contributed by atoms with Crippen molar-refractivity contribution in [1.82, 2.24) is 0 Å². The Labute approximate surface area is 97.7 Å². The lowest BCUT2D eigenvalue weighted by molar-refractivity contribution is -0.146. The number of ether oxygens (including phenoxy) is 1. The molecule has 0 amide bonds. The van der Waals surface area contributed by atoms with E-state index < -0.39 is 0 Å². The van der Waals surface area contributed by atoms with Crippen molar-refractivity contribution >= 4 is 5.97 Å². The van der Waals surface area contributed by atoms with Gasteiger partial charge >= 0.3 is 5.97 Å².